The van der Waals surface area contributed by atoms with Gasteiger partial charge in [-0.3, -0.25) is 14.5 Å². The van der Waals surface area contributed by atoms with Crippen molar-refractivity contribution in [3.05, 3.63) is 12.2 Å². The van der Waals surface area contributed by atoms with Crippen molar-refractivity contribution in [2.45, 2.75) is 51.0 Å². The van der Waals surface area contributed by atoms with Gasteiger partial charge in [0, 0.05) is 6.04 Å². The molecule has 1 saturated heterocycles. The number of fused-ring (bicyclic) bond motifs is 5. The van der Waals surface area contributed by atoms with Crippen LogP contribution < -0.4 is 0 Å². The summed E-state index contributed by atoms with van der Waals surface area (Å²) in [5.41, 5.74) is 0. The zero-order valence-electron chi connectivity index (χ0n) is 11.3. The van der Waals surface area contributed by atoms with Crippen LogP contribution in [0.2, 0.25) is 0 Å². The predicted molar refractivity (Wildman–Crippen MR) is 71.1 cm³/mol. The van der Waals surface area contributed by atoms with Gasteiger partial charge in [0.15, 0.2) is 0 Å². The number of rotatable bonds is 1. The lowest BCUT2D eigenvalue weighted by Crippen LogP contribution is -2.41. The van der Waals surface area contributed by atoms with Gasteiger partial charge in [-0.05, 0) is 31.1 Å². The van der Waals surface area contributed by atoms with Crippen LogP contribution in [0.5, 0.6) is 0 Å². The van der Waals surface area contributed by atoms with Gasteiger partial charge in [-0.25, -0.2) is 0 Å². The smallest absolute Gasteiger partial charge is 0.233 e. The lowest BCUT2D eigenvalue weighted by atomic mass is 9.85. The van der Waals surface area contributed by atoms with E-state index in [2.05, 4.69) is 12.2 Å². The van der Waals surface area contributed by atoms with Crippen LogP contribution in [0.4, 0.5) is 0 Å². The third-order valence-electron chi connectivity index (χ3n) is 5.69. The summed E-state index contributed by atoms with van der Waals surface area (Å²) in [4.78, 5) is 27.0. The lowest BCUT2D eigenvalue weighted by Gasteiger charge is -2.26. The fourth-order valence-corrected chi connectivity index (χ4v) is 4.80. The first-order chi connectivity index (χ1) is 9.27. The van der Waals surface area contributed by atoms with E-state index in [-0.39, 0.29) is 29.7 Å². The first kappa shape index (κ1) is 11.7. The van der Waals surface area contributed by atoms with Crippen LogP contribution in [-0.4, -0.2) is 22.8 Å². The predicted octanol–water partition coefficient (Wildman–Crippen LogP) is 2.52. The van der Waals surface area contributed by atoms with Gasteiger partial charge in [0.2, 0.25) is 11.8 Å². The third kappa shape index (κ3) is 1.56. The zero-order valence-corrected chi connectivity index (χ0v) is 11.3. The zero-order chi connectivity index (χ0) is 13.0. The van der Waals surface area contributed by atoms with E-state index < -0.39 is 0 Å². The largest absolute Gasteiger partial charge is 0.279 e. The van der Waals surface area contributed by atoms with Crippen molar-refractivity contribution in [2.24, 2.45) is 23.7 Å². The Hall–Kier alpha value is -1.12. The molecule has 3 aliphatic carbocycles. The molecule has 1 aliphatic heterocycles. The van der Waals surface area contributed by atoms with Gasteiger partial charge in [0.25, 0.3) is 0 Å². The number of carbonyl (C=O) groups is 2. The molecular weight excluding hydrogens is 238 g/mol. The van der Waals surface area contributed by atoms with Gasteiger partial charge in [-0.1, -0.05) is 37.8 Å². The Kier molecular flexibility index (Phi) is 2.58. The van der Waals surface area contributed by atoms with E-state index >= 15 is 0 Å². The average molecular weight is 259 g/mol. The highest BCUT2D eigenvalue weighted by atomic mass is 16.2. The molecular formula is C16H21NO2. The number of imide groups is 1. The molecule has 0 aromatic heterocycles. The van der Waals surface area contributed by atoms with Crippen molar-refractivity contribution >= 4 is 11.8 Å². The molecule has 2 bridgehead atoms. The van der Waals surface area contributed by atoms with Crippen molar-refractivity contribution in [3.63, 3.8) is 0 Å². The SMILES string of the molecule is O=C1[C@@H]2[C@H](C(=O)N1C1CCCCCC1)[C@@H]1C=C[C@H]2C1. The lowest BCUT2D eigenvalue weighted by molar-refractivity contribution is -0.143. The van der Waals surface area contributed by atoms with Crippen molar-refractivity contribution in [1.82, 2.24) is 4.90 Å². The van der Waals surface area contributed by atoms with E-state index in [1.54, 1.807) is 4.90 Å². The Labute approximate surface area is 114 Å². The van der Waals surface area contributed by atoms with E-state index in [1.807, 2.05) is 0 Å². The summed E-state index contributed by atoms with van der Waals surface area (Å²) in [7, 11) is 0. The summed E-state index contributed by atoms with van der Waals surface area (Å²) in [6, 6.07) is 0.201. The maximum absolute atomic E-state index is 12.7. The molecule has 4 rings (SSSR count). The van der Waals surface area contributed by atoms with Gasteiger partial charge in [-0.15, -0.1) is 0 Å². The maximum atomic E-state index is 12.7. The average Bonchev–Trinajstić information content (AvgIpc) is 3.00. The number of likely N-dealkylation sites (tertiary alicyclic amines) is 1. The van der Waals surface area contributed by atoms with Crippen LogP contribution in [0, 0.1) is 23.7 Å². The van der Waals surface area contributed by atoms with E-state index in [0.29, 0.717) is 11.8 Å². The van der Waals surface area contributed by atoms with E-state index in [9.17, 15) is 9.59 Å². The first-order valence-corrected chi connectivity index (χ1v) is 7.82. The number of nitrogens with zero attached hydrogens (tertiary/aromatic N) is 1. The topological polar surface area (TPSA) is 37.4 Å². The van der Waals surface area contributed by atoms with E-state index in [1.165, 1.54) is 25.7 Å². The Bertz CT molecular complexity index is 418. The van der Waals surface area contributed by atoms with Crippen LogP contribution in [0.1, 0.15) is 44.9 Å². The van der Waals surface area contributed by atoms with Crippen LogP contribution in [0.3, 0.4) is 0 Å². The highest BCUT2D eigenvalue weighted by molar-refractivity contribution is 6.06. The Morgan fingerprint density at radius 2 is 1.37 bits per heavy atom. The molecule has 0 radical (unpaired) electrons. The normalized spacial score (nSPS) is 42.0. The van der Waals surface area contributed by atoms with Crippen LogP contribution in [0.15, 0.2) is 12.2 Å². The summed E-state index contributed by atoms with van der Waals surface area (Å²) >= 11 is 0. The van der Waals surface area contributed by atoms with E-state index in [0.717, 1.165) is 19.3 Å². The van der Waals surface area contributed by atoms with Gasteiger partial charge in [0.1, 0.15) is 0 Å². The number of hydrogen-bond donors (Lipinski definition) is 0. The highest BCUT2D eigenvalue weighted by Gasteiger charge is 2.60. The molecule has 3 nitrogen and oxygen atoms in total. The van der Waals surface area contributed by atoms with E-state index in [4.69, 9.17) is 0 Å². The monoisotopic (exact) mass is 259 g/mol. The third-order valence-corrected chi connectivity index (χ3v) is 5.69. The highest BCUT2D eigenvalue weighted by Crippen LogP contribution is 2.53. The molecule has 3 heteroatoms. The maximum Gasteiger partial charge on any atom is 0.233 e. The summed E-state index contributed by atoms with van der Waals surface area (Å²) in [5, 5.41) is 0. The summed E-state index contributed by atoms with van der Waals surface area (Å²) in [5.74, 6) is 0.985. The molecule has 0 aromatic rings. The van der Waals surface area contributed by atoms with Gasteiger partial charge < -0.3 is 0 Å². The Morgan fingerprint density at radius 3 is 1.89 bits per heavy atom. The number of allylic oxidation sites excluding steroid dienone is 2. The Balaban J connectivity index is 1.61. The first-order valence-electron chi connectivity index (χ1n) is 7.82. The molecule has 0 aromatic carbocycles. The summed E-state index contributed by atoms with van der Waals surface area (Å²) in [6.45, 7) is 0. The molecule has 102 valence electrons. The molecule has 0 N–H and O–H groups in total. The van der Waals surface area contributed by atoms with Gasteiger partial charge in [0.05, 0.1) is 11.8 Å². The number of carbonyl (C=O) groups excluding carboxylic acids is 2. The van der Waals surface area contributed by atoms with Crippen molar-refractivity contribution in [3.8, 4) is 0 Å². The number of hydrogen-bond acceptors (Lipinski definition) is 2. The molecule has 4 aliphatic rings. The minimum Gasteiger partial charge on any atom is -0.279 e. The number of amides is 2. The molecule has 2 saturated carbocycles. The molecule has 2 amide bonds. The molecule has 4 atom stereocenters. The molecule has 3 fully saturated rings. The van der Waals surface area contributed by atoms with Crippen LogP contribution >= 0.6 is 0 Å². The quantitative estimate of drug-likeness (QED) is 0.412. The molecule has 0 spiro atoms. The van der Waals surface area contributed by atoms with Crippen molar-refractivity contribution in [1.29, 1.82) is 0 Å². The van der Waals surface area contributed by atoms with Crippen molar-refractivity contribution < 1.29 is 9.59 Å². The molecule has 0 unspecified atom stereocenters. The second kappa shape index (κ2) is 4.19. The minimum atomic E-state index is -0.00856. The fraction of sp³-hybridized carbons (Fsp3) is 0.750. The van der Waals surface area contributed by atoms with Gasteiger partial charge >= 0.3 is 0 Å². The van der Waals surface area contributed by atoms with Crippen molar-refractivity contribution in [2.75, 3.05) is 0 Å². The second-order valence-electron chi connectivity index (χ2n) is 6.69. The second-order valence-corrected chi connectivity index (χ2v) is 6.69. The standard InChI is InChI=1S/C16H21NO2/c18-15-13-10-7-8-11(9-10)14(13)16(19)17(15)12-5-3-1-2-4-6-12/h7-8,10-14H,1-6,9H2/t10-,11+,13-,14+. The summed E-state index contributed by atoms with van der Waals surface area (Å²) in [6.07, 6.45) is 12.3. The molecule has 19 heavy (non-hydrogen) atoms. The fourth-order valence-electron chi connectivity index (χ4n) is 4.80. The van der Waals surface area contributed by atoms with Gasteiger partial charge in [-0.2, -0.15) is 0 Å². The van der Waals surface area contributed by atoms with Crippen LogP contribution in [-0.2, 0) is 9.59 Å². The van der Waals surface area contributed by atoms with Crippen LogP contribution in [0.25, 0.3) is 0 Å². The Morgan fingerprint density at radius 1 is 0.842 bits per heavy atom. The molecule has 1 heterocycles. The minimum absolute atomic E-state index is 0.00856. The summed E-state index contributed by atoms with van der Waals surface area (Å²) < 4.78 is 0.